The van der Waals surface area contributed by atoms with Gasteiger partial charge in [0.1, 0.15) is 5.75 Å². The first-order valence-electron chi connectivity index (χ1n) is 22.2. The second-order valence-corrected chi connectivity index (χ2v) is 16.9. The number of hydrogen-bond acceptors (Lipinski definition) is 3. The van der Waals surface area contributed by atoms with Crippen LogP contribution < -0.4 is 14.5 Å². The lowest BCUT2D eigenvalue weighted by molar-refractivity contribution is 0.415. The first kappa shape index (κ1) is 38.3. The molecule has 0 atom stereocenters. The zero-order valence-electron chi connectivity index (χ0n) is 36.0. The molecule has 0 aromatic heterocycles. The Morgan fingerprint density at radius 1 is 0.462 bits per heavy atom. The number of anilines is 6. The van der Waals surface area contributed by atoms with Crippen LogP contribution in [0.5, 0.6) is 5.75 Å². The third-order valence-corrected chi connectivity index (χ3v) is 13.5. The summed E-state index contributed by atoms with van der Waals surface area (Å²) in [5, 5.41) is 2.49. The quantitative estimate of drug-likeness (QED) is 0.144. The van der Waals surface area contributed by atoms with E-state index in [1.807, 2.05) is 18.2 Å². The van der Waals surface area contributed by atoms with Gasteiger partial charge in [-0.2, -0.15) is 0 Å². The molecule has 1 aliphatic carbocycles. The lowest BCUT2D eigenvalue weighted by atomic mass is 9.67. The summed E-state index contributed by atoms with van der Waals surface area (Å²) in [5.74, 6) is 0.818. The zero-order chi connectivity index (χ0) is 43.5. The fourth-order valence-electron chi connectivity index (χ4n) is 10.6. The van der Waals surface area contributed by atoms with E-state index < -0.39 is 5.41 Å². The molecule has 0 fully saturated rings. The van der Waals surface area contributed by atoms with Crippen molar-refractivity contribution in [1.82, 2.24) is 0 Å². The fraction of sp³-hybridized carbons (Fsp3) is 0.0323. The van der Waals surface area contributed by atoms with Gasteiger partial charge in [-0.1, -0.05) is 164 Å². The molecule has 0 saturated carbocycles. The Balaban J connectivity index is 0.993. The summed E-state index contributed by atoms with van der Waals surface area (Å²) in [5.41, 5.74) is 19.6. The van der Waals surface area contributed by atoms with Crippen LogP contribution in [0.4, 0.5) is 34.1 Å². The molecular formula is C62H44N2O. The molecule has 65 heavy (non-hydrogen) atoms. The molecule has 0 unspecified atom stereocenters. The molecule has 308 valence electrons. The van der Waals surface area contributed by atoms with Crippen molar-refractivity contribution in [3.8, 4) is 39.1 Å². The Morgan fingerprint density at radius 2 is 1.06 bits per heavy atom. The van der Waals surface area contributed by atoms with E-state index in [4.69, 9.17) is 4.74 Å². The molecule has 1 aliphatic heterocycles. The van der Waals surface area contributed by atoms with Crippen molar-refractivity contribution in [2.45, 2.75) is 5.41 Å². The van der Waals surface area contributed by atoms with Crippen LogP contribution in [0.1, 0.15) is 27.8 Å². The van der Waals surface area contributed by atoms with Gasteiger partial charge in [0.15, 0.2) is 0 Å². The Morgan fingerprint density at radius 3 is 1.75 bits per heavy atom. The number of rotatable bonds is 9. The summed E-state index contributed by atoms with van der Waals surface area (Å²) >= 11 is 0. The Hall–Kier alpha value is -8.40. The number of hydrogen-bond donors (Lipinski definition) is 0. The van der Waals surface area contributed by atoms with Gasteiger partial charge >= 0.3 is 0 Å². The maximum Gasteiger partial charge on any atom is 0.119 e. The highest BCUT2D eigenvalue weighted by molar-refractivity contribution is 6.14. The number of methoxy groups -OCH3 is 1. The average Bonchev–Trinajstić information content (AvgIpc) is 3.68. The molecule has 12 rings (SSSR count). The lowest BCUT2D eigenvalue weighted by Crippen LogP contribution is -2.28. The van der Waals surface area contributed by atoms with Crippen LogP contribution in [0.2, 0.25) is 0 Å². The molecule has 10 aromatic carbocycles. The molecule has 0 bridgehead atoms. The minimum absolute atomic E-state index is 0.512. The highest BCUT2D eigenvalue weighted by Crippen LogP contribution is 2.57. The molecule has 0 saturated heterocycles. The normalized spacial score (nSPS) is 12.8. The standard InChI is InChI=1S/C62H44N2O/c1-3-42-24-29-50(30-25-42)64-59-39-28-45(40-56(59)55-21-12-14-44-15-13-23-60(64)61(44)55)43-26-31-48(32-27-43)63(49-33-36-52(65-2)37-34-49)51-35-38-54-53-20-10-11-22-57(53)62(58(54)41-51,46-16-6-4-7-17-46)47-18-8-5-9-19-47/h3-41H,1H2,2H3. The Bertz CT molecular complexity index is 3370. The number of nitrogens with zero attached hydrogens (tertiary/aromatic N) is 2. The van der Waals surface area contributed by atoms with Crippen LogP contribution in [0, 0.1) is 0 Å². The molecule has 0 N–H and O–H groups in total. The summed E-state index contributed by atoms with van der Waals surface area (Å²) < 4.78 is 5.64. The van der Waals surface area contributed by atoms with E-state index in [2.05, 4.69) is 235 Å². The first-order valence-corrected chi connectivity index (χ1v) is 22.2. The van der Waals surface area contributed by atoms with Gasteiger partial charge in [0.2, 0.25) is 0 Å². The Kier molecular flexibility index (Phi) is 9.10. The van der Waals surface area contributed by atoms with E-state index in [9.17, 15) is 0 Å². The van der Waals surface area contributed by atoms with Crippen LogP contribution >= 0.6 is 0 Å². The summed E-state index contributed by atoms with van der Waals surface area (Å²) in [4.78, 5) is 4.77. The maximum absolute atomic E-state index is 5.64. The van der Waals surface area contributed by atoms with Gasteiger partial charge in [-0.25, -0.2) is 0 Å². The number of fused-ring (bicyclic) bond motifs is 5. The summed E-state index contributed by atoms with van der Waals surface area (Å²) in [6.07, 6.45) is 1.89. The van der Waals surface area contributed by atoms with Gasteiger partial charge < -0.3 is 14.5 Å². The zero-order valence-corrected chi connectivity index (χ0v) is 36.0. The summed E-state index contributed by atoms with van der Waals surface area (Å²) in [6, 6.07) is 84.2. The van der Waals surface area contributed by atoms with E-state index in [0.29, 0.717) is 0 Å². The third-order valence-electron chi connectivity index (χ3n) is 13.5. The van der Waals surface area contributed by atoms with Gasteiger partial charge in [0, 0.05) is 33.7 Å². The third kappa shape index (κ3) is 6.04. The average molecular weight is 833 g/mol. The van der Waals surface area contributed by atoms with E-state index in [-0.39, 0.29) is 0 Å². The number of ether oxygens (including phenoxy) is 1. The van der Waals surface area contributed by atoms with E-state index >= 15 is 0 Å². The van der Waals surface area contributed by atoms with Gasteiger partial charge in [-0.15, -0.1) is 0 Å². The minimum atomic E-state index is -0.512. The van der Waals surface area contributed by atoms with Gasteiger partial charge in [0.05, 0.1) is 23.9 Å². The fourth-order valence-corrected chi connectivity index (χ4v) is 10.6. The molecule has 0 amide bonds. The minimum Gasteiger partial charge on any atom is -0.497 e. The Labute approximate surface area is 380 Å². The second kappa shape index (κ2) is 15.4. The SMILES string of the molecule is C=Cc1ccc(N2c3ccc(-c4ccc(N(c5ccc(OC)cc5)c5ccc6c(c5)C(c5ccccc5)(c5ccccc5)c5ccccc5-6)cc4)cc3-c3cccc4cccc2c34)cc1. The first-order chi connectivity index (χ1) is 32.1. The van der Waals surface area contributed by atoms with E-state index in [0.717, 1.165) is 50.9 Å². The van der Waals surface area contributed by atoms with Crippen molar-refractivity contribution in [1.29, 1.82) is 0 Å². The molecular weight excluding hydrogens is 789 g/mol. The topological polar surface area (TPSA) is 15.7 Å². The molecule has 0 radical (unpaired) electrons. The van der Waals surface area contributed by atoms with Gasteiger partial charge in [-0.05, 0) is 140 Å². The van der Waals surface area contributed by atoms with Crippen LogP contribution in [-0.2, 0) is 5.41 Å². The van der Waals surface area contributed by atoms with Crippen molar-refractivity contribution in [3.05, 3.63) is 265 Å². The van der Waals surface area contributed by atoms with Crippen molar-refractivity contribution in [2.75, 3.05) is 16.9 Å². The molecule has 2 aliphatic rings. The van der Waals surface area contributed by atoms with E-state index in [1.54, 1.807) is 7.11 Å². The maximum atomic E-state index is 5.64. The van der Waals surface area contributed by atoms with Crippen molar-refractivity contribution in [2.24, 2.45) is 0 Å². The van der Waals surface area contributed by atoms with Crippen LogP contribution in [0.15, 0.2) is 237 Å². The van der Waals surface area contributed by atoms with Gasteiger partial charge in [0.25, 0.3) is 0 Å². The van der Waals surface area contributed by atoms with Crippen LogP contribution in [-0.4, -0.2) is 7.11 Å². The van der Waals surface area contributed by atoms with E-state index in [1.165, 1.54) is 61.0 Å². The van der Waals surface area contributed by atoms with Crippen molar-refractivity contribution < 1.29 is 4.74 Å². The van der Waals surface area contributed by atoms with Crippen LogP contribution in [0.3, 0.4) is 0 Å². The summed E-state index contributed by atoms with van der Waals surface area (Å²) in [6.45, 7) is 3.99. The predicted octanol–water partition coefficient (Wildman–Crippen LogP) is 16.4. The molecule has 3 heteroatoms. The van der Waals surface area contributed by atoms with Crippen molar-refractivity contribution in [3.63, 3.8) is 0 Å². The van der Waals surface area contributed by atoms with Crippen LogP contribution in [0.25, 0.3) is 50.2 Å². The molecule has 3 nitrogen and oxygen atoms in total. The number of benzene rings is 10. The predicted molar refractivity (Wildman–Crippen MR) is 272 cm³/mol. The monoisotopic (exact) mass is 832 g/mol. The van der Waals surface area contributed by atoms with Crippen molar-refractivity contribution >= 4 is 51.0 Å². The largest absolute Gasteiger partial charge is 0.497 e. The lowest BCUT2D eigenvalue weighted by Gasteiger charge is -2.35. The smallest absolute Gasteiger partial charge is 0.119 e. The molecule has 10 aromatic rings. The molecule has 1 heterocycles. The highest BCUT2D eigenvalue weighted by atomic mass is 16.5. The highest BCUT2D eigenvalue weighted by Gasteiger charge is 2.46. The molecule has 0 spiro atoms. The summed E-state index contributed by atoms with van der Waals surface area (Å²) in [7, 11) is 1.72. The second-order valence-electron chi connectivity index (χ2n) is 16.9. The van der Waals surface area contributed by atoms with Gasteiger partial charge in [-0.3, -0.25) is 0 Å².